The van der Waals surface area contributed by atoms with Crippen LogP contribution in [0, 0.1) is 5.92 Å². The number of nitrogens with one attached hydrogen (secondary N) is 2. The molecule has 2 aromatic rings. The molecule has 0 bridgehead atoms. The Morgan fingerprint density at radius 1 is 1.09 bits per heavy atom. The topological polar surface area (TPSA) is 103 Å². The lowest BCUT2D eigenvalue weighted by Crippen LogP contribution is -2.47. The lowest BCUT2D eigenvalue weighted by Gasteiger charge is -2.35. The number of rotatable bonds is 6. The SMILES string of the molecule is C[C@@H]1CCCCO[C@@H](CN(C)C)[C@H](C)CN([C@H](C)CO)C(=O)c2cc(NC(=O)Nc3ccc(C(F)(F)F)cc3)ccc2O1. The Kier molecular flexibility index (Phi) is 12.2. The summed E-state index contributed by atoms with van der Waals surface area (Å²) in [5.74, 6) is -0.0717. The number of aliphatic hydroxyl groups excluding tert-OH is 1. The molecule has 238 valence electrons. The molecular weight excluding hydrogens is 565 g/mol. The van der Waals surface area contributed by atoms with Crippen molar-refractivity contribution in [1.29, 1.82) is 0 Å². The van der Waals surface area contributed by atoms with Gasteiger partial charge >= 0.3 is 12.2 Å². The molecule has 0 aromatic heterocycles. The molecule has 0 aliphatic carbocycles. The molecule has 0 saturated carbocycles. The first-order valence-corrected chi connectivity index (χ1v) is 14.5. The van der Waals surface area contributed by atoms with Gasteiger partial charge in [-0.2, -0.15) is 13.2 Å². The third-order valence-corrected chi connectivity index (χ3v) is 7.32. The lowest BCUT2D eigenvalue weighted by atomic mass is 10.0. The zero-order valence-electron chi connectivity index (χ0n) is 25.4. The summed E-state index contributed by atoms with van der Waals surface area (Å²) in [5, 5.41) is 15.2. The van der Waals surface area contributed by atoms with Crippen molar-refractivity contribution in [3.63, 3.8) is 0 Å². The van der Waals surface area contributed by atoms with Crippen LogP contribution in [0.2, 0.25) is 0 Å². The molecular formula is C31H43F3N4O5. The fourth-order valence-corrected chi connectivity index (χ4v) is 4.86. The van der Waals surface area contributed by atoms with E-state index >= 15 is 0 Å². The third kappa shape index (κ3) is 10.1. The van der Waals surface area contributed by atoms with Crippen LogP contribution in [0.3, 0.4) is 0 Å². The van der Waals surface area contributed by atoms with Gasteiger partial charge in [0.15, 0.2) is 0 Å². The molecule has 1 heterocycles. The number of alkyl halides is 3. The van der Waals surface area contributed by atoms with Crippen LogP contribution in [0.4, 0.5) is 29.3 Å². The van der Waals surface area contributed by atoms with Gasteiger partial charge in [0.25, 0.3) is 5.91 Å². The number of nitrogens with zero attached hydrogens (tertiary/aromatic N) is 2. The highest BCUT2D eigenvalue weighted by molar-refractivity contribution is 6.02. The van der Waals surface area contributed by atoms with Crippen LogP contribution < -0.4 is 15.4 Å². The highest BCUT2D eigenvalue weighted by Crippen LogP contribution is 2.31. The average molecular weight is 609 g/mol. The number of fused-ring (bicyclic) bond motifs is 1. The quantitative estimate of drug-likeness (QED) is 0.389. The van der Waals surface area contributed by atoms with E-state index in [4.69, 9.17) is 9.47 Å². The van der Waals surface area contributed by atoms with Gasteiger partial charge in [-0.05, 0) is 89.7 Å². The summed E-state index contributed by atoms with van der Waals surface area (Å²) in [5.41, 5.74) is -0.155. The Balaban J connectivity index is 1.90. The van der Waals surface area contributed by atoms with Gasteiger partial charge in [-0.15, -0.1) is 0 Å². The summed E-state index contributed by atoms with van der Waals surface area (Å²) in [6.45, 7) is 7.05. The molecule has 0 unspecified atom stereocenters. The molecule has 0 spiro atoms. The predicted molar refractivity (Wildman–Crippen MR) is 160 cm³/mol. The summed E-state index contributed by atoms with van der Waals surface area (Å²) in [4.78, 5) is 30.4. The number of aliphatic hydroxyl groups is 1. The maximum Gasteiger partial charge on any atom is 0.416 e. The minimum Gasteiger partial charge on any atom is -0.490 e. The van der Waals surface area contributed by atoms with Crippen LogP contribution in [-0.4, -0.2) is 85.5 Å². The first-order chi connectivity index (χ1) is 20.3. The second-order valence-corrected chi connectivity index (χ2v) is 11.4. The molecule has 43 heavy (non-hydrogen) atoms. The maximum atomic E-state index is 14.1. The zero-order valence-corrected chi connectivity index (χ0v) is 25.4. The van der Waals surface area contributed by atoms with Gasteiger partial charge < -0.3 is 35.0 Å². The minimum absolute atomic E-state index is 0.0533. The molecule has 0 radical (unpaired) electrons. The molecule has 0 saturated heterocycles. The van der Waals surface area contributed by atoms with Crippen molar-refractivity contribution in [3.05, 3.63) is 53.6 Å². The highest BCUT2D eigenvalue weighted by Gasteiger charge is 2.31. The molecule has 3 rings (SSSR count). The van der Waals surface area contributed by atoms with Crippen LogP contribution in [-0.2, 0) is 10.9 Å². The number of amides is 3. The number of ether oxygens (including phenoxy) is 2. The maximum absolute atomic E-state index is 14.1. The fraction of sp³-hybridized carbons (Fsp3) is 0.548. The fourth-order valence-electron chi connectivity index (χ4n) is 4.86. The van der Waals surface area contributed by atoms with Crippen molar-refractivity contribution in [2.24, 2.45) is 5.92 Å². The minimum atomic E-state index is -4.48. The Hall–Kier alpha value is -3.35. The van der Waals surface area contributed by atoms with Gasteiger partial charge in [0, 0.05) is 37.0 Å². The standard InChI is InChI=1S/C31H43F3N4O5/c1-20-17-38(21(2)19-39)29(40)26-16-25(36-30(41)35-24-11-9-23(10-12-24)31(32,33)34)13-14-27(26)43-22(3)8-6-7-15-42-28(20)18-37(4)5/h9-14,16,20-22,28,39H,6-8,15,17-19H2,1-5H3,(H2,35,36,41)/t20-,21-,22-,28+/m1/s1. The van der Waals surface area contributed by atoms with E-state index in [9.17, 15) is 27.9 Å². The smallest absolute Gasteiger partial charge is 0.416 e. The number of halogens is 3. The molecule has 12 heteroatoms. The molecule has 9 nitrogen and oxygen atoms in total. The van der Waals surface area contributed by atoms with E-state index in [-0.39, 0.29) is 47.6 Å². The number of hydrogen-bond donors (Lipinski definition) is 3. The summed E-state index contributed by atoms with van der Waals surface area (Å²) in [6.07, 6.45) is -2.32. The first kappa shape index (κ1) is 34.1. The van der Waals surface area contributed by atoms with Crippen LogP contribution in [0.15, 0.2) is 42.5 Å². The van der Waals surface area contributed by atoms with E-state index in [2.05, 4.69) is 10.6 Å². The predicted octanol–water partition coefficient (Wildman–Crippen LogP) is 5.71. The number of anilines is 2. The van der Waals surface area contributed by atoms with Gasteiger partial charge in [0.05, 0.1) is 36.0 Å². The van der Waals surface area contributed by atoms with Crippen molar-refractivity contribution >= 4 is 23.3 Å². The number of hydrogen-bond acceptors (Lipinski definition) is 6. The van der Waals surface area contributed by atoms with Crippen LogP contribution in [0.25, 0.3) is 0 Å². The van der Waals surface area contributed by atoms with Crippen LogP contribution in [0.5, 0.6) is 5.75 Å². The van der Waals surface area contributed by atoms with E-state index in [1.54, 1.807) is 24.0 Å². The second-order valence-electron chi connectivity index (χ2n) is 11.4. The van der Waals surface area contributed by atoms with E-state index < -0.39 is 23.8 Å². The number of carbonyl (C=O) groups excluding carboxylic acids is 2. The number of urea groups is 1. The van der Waals surface area contributed by atoms with Gasteiger partial charge in [-0.1, -0.05) is 6.92 Å². The molecule has 1 aliphatic heterocycles. The lowest BCUT2D eigenvalue weighted by molar-refractivity contribution is -0.137. The van der Waals surface area contributed by atoms with E-state index in [1.165, 1.54) is 6.07 Å². The molecule has 2 aromatic carbocycles. The number of carbonyl (C=O) groups is 2. The molecule has 4 atom stereocenters. The third-order valence-electron chi connectivity index (χ3n) is 7.32. The number of likely N-dealkylation sites (N-methyl/N-ethyl adjacent to an activating group) is 1. The summed E-state index contributed by atoms with van der Waals surface area (Å²) in [7, 11) is 3.94. The highest BCUT2D eigenvalue weighted by atomic mass is 19.4. The van der Waals surface area contributed by atoms with Gasteiger partial charge in [-0.25, -0.2) is 4.79 Å². The summed E-state index contributed by atoms with van der Waals surface area (Å²) < 4.78 is 51.1. The second kappa shape index (κ2) is 15.4. The largest absolute Gasteiger partial charge is 0.490 e. The van der Waals surface area contributed by atoms with Crippen molar-refractivity contribution in [1.82, 2.24) is 9.80 Å². The van der Waals surface area contributed by atoms with E-state index in [1.807, 2.05) is 32.8 Å². The number of benzene rings is 2. The monoisotopic (exact) mass is 608 g/mol. The van der Waals surface area contributed by atoms with Gasteiger partial charge in [-0.3, -0.25) is 4.79 Å². The molecule has 3 N–H and O–H groups in total. The van der Waals surface area contributed by atoms with Gasteiger partial charge in [0.2, 0.25) is 0 Å². The summed E-state index contributed by atoms with van der Waals surface area (Å²) >= 11 is 0. The Bertz CT molecular complexity index is 1210. The summed E-state index contributed by atoms with van der Waals surface area (Å²) in [6, 6.07) is 7.60. The van der Waals surface area contributed by atoms with Gasteiger partial charge in [0.1, 0.15) is 5.75 Å². The van der Waals surface area contributed by atoms with E-state index in [0.29, 0.717) is 25.4 Å². The Morgan fingerprint density at radius 2 is 1.74 bits per heavy atom. The van der Waals surface area contributed by atoms with E-state index in [0.717, 1.165) is 43.5 Å². The van der Waals surface area contributed by atoms with Crippen molar-refractivity contribution < 1.29 is 37.3 Å². The van der Waals surface area contributed by atoms with Crippen LogP contribution in [0.1, 0.15) is 56.0 Å². The first-order valence-electron chi connectivity index (χ1n) is 14.5. The molecule has 3 amide bonds. The van der Waals surface area contributed by atoms with Crippen molar-refractivity contribution in [3.8, 4) is 5.75 Å². The zero-order chi connectivity index (χ0) is 31.7. The average Bonchev–Trinajstić information content (AvgIpc) is 2.94. The Labute approximate surface area is 251 Å². The van der Waals surface area contributed by atoms with Crippen molar-refractivity contribution in [2.45, 2.75) is 64.5 Å². The molecule has 1 aliphatic rings. The van der Waals surface area contributed by atoms with Crippen molar-refractivity contribution in [2.75, 3.05) is 51.0 Å². The molecule has 0 fully saturated rings. The Morgan fingerprint density at radius 3 is 2.37 bits per heavy atom. The normalized spacial score (nSPS) is 21.4. The van der Waals surface area contributed by atoms with Crippen LogP contribution >= 0.6 is 0 Å².